The Morgan fingerprint density at radius 2 is 2.18 bits per heavy atom. The Bertz CT molecular complexity index is 423. The van der Waals surface area contributed by atoms with E-state index in [1.54, 1.807) is 23.1 Å². The largest absolute Gasteiger partial charge is 0.482 e. The van der Waals surface area contributed by atoms with Gasteiger partial charge in [-0.25, -0.2) is 0 Å². The van der Waals surface area contributed by atoms with Crippen LogP contribution in [0.15, 0.2) is 18.2 Å². The van der Waals surface area contributed by atoms with Gasteiger partial charge in [0.15, 0.2) is 6.61 Å². The molecular weight excluding hydrogens is 261 g/mol. The standard InChI is InChI=1S/C12H13Cl2NO2/c13-5-1-2-6-15-10-7-9(14)3-4-11(10)17-8-12(15)16/h3-4,7H,1-2,5-6,8H2. The van der Waals surface area contributed by atoms with Crippen LogP contribution in [0, 0.1) is 0 Å². The monoisotopic (exact) mass is 273 g/mol. The smallest absolute Gasteiger partial charge is 0.265 e. The van der Waals surface area contributed by atoms with Crippen LogP contribution in [0.4, 0.5) is 5.69 Å². The molecule has 3 nitrogen and oxygen atoms in total. The fourth-order valence-corrected chi connectivity index (χ4v) is 2.14. The third-order valence-corrected chi connectivity index (χ3v) is 3.13. The number of amides is 1. The van der Waals surface area contributed by atoms with Gasteiger partial charge in [-0.3, -0.25) is 4.79 Å². The van der Waals surface area contributed by atoms with Crippen LogP contribution in [0.25, 0.3) is 0 Å². The molecule has 0 aliphatic carbocycles. The van der Waals surface area contributed by atoms with Gasteiger partial charge in [0.1, 0.15) is 5.75 Å². The van der Waals surface area contributed by atoms with E-state index in [1.807, 2.05) is 0 Å². The number of carbonyl (C=O) groups is 1. The van der Waals surface area contributed by atoms with Crippen molar-refractivity contribution in [1.29, 1.82) is 0 Å². The number of unbranched alkanes of at least 4 members (excludes halogenated alkanes) is 1. The number of nitrogens with zero attached hydrogens (tertiary/aromatic N) is 1. The maximum atomic E-state index is 11.8. The Morgan fingerprint density at radius 1 is 1.35 bits per heavy atom. The number of fused-ring (bicyclic) bond motifs is 1. The molecular formula is C12H13Cl2NO2. The topological polar surface area (TPSA) is 29.5 Å². The molecule has 0 N–H and O–H groups in total. The highest BCUT2D eigenvalue weighted by Crippen LogP contribution is 2.34. The average molecular weight is 274 g/mol. The minimum Gasteiger partial charge on any atom is -0.482 e. The van der Waals surface area contributed by atoms with E-state index in [0.29, 0.717) is 23.2 Å². The van der Waals surface area contributed by atoms with E-state index in [2.05, 4.69) is 0 Å². The normalized spacial score (nSPS) is 14.5. The van der Waals surface area contributed by atoms with Crippen molar-refractivity contribution in [3.05, 3.63) is 23.2 Å². The number of anilines is 1. The molecule has 17 heavy (non-hydrogen) atoms. The Morgan fingerprint density at radius 3 is 2.94 bits per heavy atom. The number of alkyl halides is 1. The van der Waals surface area contributed by atoms with Gasteiger partial charge in [-0.2, -0.15) is 0 Å². The second-order valence-corrected chi connectivity index (χ2v) is 4.66. The van der Waals surface area contributed by atoms with Crippen molar-refractivity contribution >= 4 is 34.8 Å². The van der Waals surface area contributed by atoms with Crippen molar-refractivity contribution in [2.45, 2.75) is 12.8 Å². The summed E-state index contributed by atoms with van der Waals surface area (Å²) in [5.41, 5.74) is 0.753. The van der Waals surface area contributed by atoms with Crippen LogP contribution in [-0.2, 0) is 4.79 Å². The first-order valence-corrected chi connectivity index (χ1v) is 6.42. The summed E-state index contributed by atoms with van der Waals surface area (Å²) in [6.07, 6.45) is 1.77. The van der Waals surface area contributed by atoms with Crippen LogP contribution in [-0.4, -0.2) is 24.9 Å². The lowest BCUT2D eigenvalue weighted by Crippen LogP contribution is -2.39. The summed E-state index contributed by atoms with van der Waals surface area (Å²) in [7, 11) is 0. The Labute approximate surface area is 110 Å². The number of carbonyl (C=O) groups excluding carboxylic acids is 1. The molecule has 0 aromatic heterocycles. The Balaban J connectivity index is 2.20. The first kappa shape index (κ1) is 12.5. The van der Waals surface area contributed by atoms with E-state index in [-0.39, 0.29) is 12.5 Å². The van der Waals surface area contributed by atoms with Gasteiger partial charge in [-0.15, -0.1) is 11.6 Å². The van der Waals surface area contributed by atoms with Crippen LogP contribution >= 0.6 is 23.2 Å². The molecule has 0 fully saturated rings. The highest BCUT2D eigenvalue weighted by atomic mass is 35.5. The fraction of sp³-hybridized carbons (Fsp3) is 0.417. The quantitative estimate of drug-likeness (QED) is 0.623. The van der Waals surface area contributed by atoms with Gasteiger partial charge in [-0.1, -0.05) is 11.6 Å². The lowest BCUT2D eigenvalue weighted by Gasteiger charge is -2.29. The number of rotatable bonds is 4. The van der Waals surface area contributed by atoms with Crippen LogP contribution in [0.2, 0.25) is 5.02 Å². The molecule has 2 rings (SSSR count). The maximum absolute atomic E-state index is 11.8. The molecule has 1 aromatic rings. The third-order valence-electron chi connectivity index (χ3n) is 2.63. The lowest BCUT2D eigenvalue weighted by atomic mass is 10.2. The maximum Gasteiger partial charge on any atom is 0.265 e. The predicted molar refractivity (Wildman–Crippen MR) is 69.3 cm³/mol. The molecule has 5 heteroatoms. The van der Waals surface area contributed by atoms with E-state index < -0.39 is 0 Å². The minimum absolute atomic E-state index is 0.0330. The molecule has 0 saturated heterocycles. The second-order valence-electron chi connectivity index (χ2n) is 3.84. The van der Waals surface area contributed by atoms with E-state index >= 15 is 0 Å². The molecule has 1 aliphatic heterocycles. The average Bonchev–Trinajstić information content (AvgIpc) is 2.32. The van der Waals surface area contributed by atoms with E-state index in [4.69, 9.17) is 27.9 Å². The van der Waals surface area contributed by atoms with E-state index in [1.165, 1.54) is 0 Å². The molecule has 0 spiro atoms. The number of hydrogen-bond acceptors (Lipinski definition) is 2. The summed E-state index contributed by atoms with van der Waals surface area (Å²) in [5, 5.41) is 0.601. The molecule has 1 amide bonds. The number of hydrogen-bond donors (Lipinski definition) is 0. The van der Waals surface area contributed by atoms with E-state index in [9.17, 15) is 4.79 Å². The fourth-order valence-electron chi connectivity index (χ4n) is 1.78. The van der Waals surface area contributed by atoms with Crippen molar-refractivity contribution in [3.8, 4) is 5.75 Å². The molecule has 0 atom stereocenters. The Kier molecular flexibility index (Phi) is 4.13. The molecule has 0 saturated carbocycles. The van der Waals surface area contributed by atoms with Crippen LogP contribution < -0.4 is 9.64 Å². The second kappa shape index (κ2) is 5.61. The molecule has 92 valence electrons. The van der Waals surface area contributed by atoms with Crippen LogP contribution in [0.5, 0.6) is 5.75 Å². The lowest BCUT2D eigenvalue weighted by molar-refractivity contribution is -0.121. The van der Waals surface area contributed by atoms with Crippen molar-refractivity contribution < 1.29 is 9.53 Å². The van der Waals surface area contributed by atoms with Gasteiger partial charge in [0.05, 0.1) is 5.69 Å². The van der Waals surface area contributed by atoms with Gasteiger partial charge >= 0.3 is 0 Å². The van der Waals surface area contributed by atoms with Crippen molar-refractivity contribution in [1.82, 2.24) is 0 Å². The third kappa shape index (κ3) is 2.85. The summed E-state index contributed by atoms with van der Waals surface area (Å²) in [5.74, 6) is 1.29. The molecule has 0 bridgehead atoms. The minimum atomic E-state index is -0.0330. The molecule has 1 aromatic carbocycles. The van der Waals surface area contributed by atoms with Crippen molar-refractivity contribution in [2.75, 3.05) is 23.9 Å². The summed E-state index contributed by atoms with van der Waals surface area (Å²) in [6.45, 7) is 0.748. The Hall–Kier alpha value is -0.930. The van der Waals surface area contributed by atoms with Crippen LogP contribution in [0.1, 0.15) is 12.8 Å². The van der Waals surface area contributed by atoms with Gasteiger partial charge in [0, 0.05) is 17.4 Å². The zero-order valence-corrected chi connectivity index (χ0v) is 10.8. The van der Waals surface area contributed by atoms with E-state index in [0.717, 1.165) is 18.5 Å². The zero-order chi connectivity index (χ0) is 12.3. The first-order valence-electron chi connectivity index (χ1n) is 5.51. The summed E-state index contributed by atoms with van der Waals surface area (Å²) >= 11 is 11.6. The van der Waals surface area contributed by atoms with Crippen LogP contribution in [0.3, 0.4) is 0 Å². The summed E-state index contributed by atoms with van der Waals surface area (Å²) in [6, 6.07) is 5.31. The summed E-state index contributed by atoms with van der Waals surface area (Å²) < 4.78 is 5.35. The molecule has 0 unspecified atom stereocenters. The number of benzene rings is 1. The van der Waals surface area contributed by atoms with Crippen molar-refractivity contribution in [2.24, 2.45) is 0 Å². The number of halogens is 2. The van der Waals surface area contributed by atoms with Gasteiger partial charge < -0.3 is 9.64 Å². The first-order chi connectivity index (χ1) is 8.22. The zero-order valence-electron chi connectivity index (χ0n) is 9.29. The highest BCUT2D eigenvalue weighted by molar-refractivity contribution is 6.31. The number of ether oxygens (including phenoxy) is 1. The highest BCUT2D eigenvalue weighted by Gasteiger charge is 2.24. The van der Waals surface area contributed by atoms with Gasteiger partial charge in [0.25, 0.3) is 5.91 Å². The molecule has 0 radical (unpaired) electrons. The SMILES string of the molecule is O=C1COc2ccc(Cl)cc2N1CCCCCl. The molecule has 1 heterocycles. The molecule has 1 aliphatic rings. The predicted octanol–water partition coefficient (Wildman–Crippen LogP) is 3.08. The van der Waals surface area contributed by atoms with Gasteiger partial charge in [0.2, 0.25) is 0 Å². The summed E-state index contributed by atoms with van der Waals surface area (Å²) in [4.78, 5) is 13.5. The van der Waals surface area contributed by atoms with Gasteiger partial charge in [-0.05, 0) is 31.0 Å². The van der Waals surface area contributed by atoms with Crippen molar-refractivity contribution in [3.63, 3.8) is 0 Å².